The molecule has 2 heteroatoms. The van der Waals surface area contributed by atoms with E-state index in [1.54, 1.807) is 0 Å². The van der Waals surface area contributed by atoms with Crippen molar-refractivity contribution in [3.05, 3.63) is 12.2 Å². The zero-order valence-corrected chi connectivity index (χ0v) is 7.18. The molecule has 1 saturated heterocycles. The van der Waals surface area contributed by atoms with Gasteiger partial charge < -0.3 is 10.1 Å². The molecule has 1 N–H and O–H groups in total. The van der Waals surface area contributed by atoms with Gasteiger partial charge in [-0.25, -0.2) is 0 Å². The van der Waals surface area contributed by atoms with Crippen LogP contribution in [0.1, 0.15) is 12.8 Å². The van der Waals surface area contributed by atoms with E-state index in [2.05, 4.69) is 17.5 Å². The van der Waals surface area contributed by atoms with Gasteiger partial charge in [-0.3, -0.25) is 0 Å². The molecule has 0 saturated carbocycles. The minimum atomic E-state index is 0.761. The summed E-state index contributed by atoms with van der Waals surface area (Å²) in [4.78, 5) is 0. The molecular weight excluding hydrogens is 138 g/mol. The molecule has 1 aliphatic heterocycles. The second-order valence-electron chi connectivity index (χ2n) is 2.94. The molecule has 0 unspecified atom stereocenters. The van der Waals surface area contributed by atoms with Gasteiger partial charge in [-0.05, 0) is 25.8 Å². The van der Waals surface area contributed by atoms with Crippen molar-refractivity contribution < 1.29 is 4.74 Å². The largest absolute Gasteiger partial charge is 0.381 e. The smallest absolute Gasteiger partial charge is 0.0471 e. The zero-order chi connectivity index (χ0) is 7.94. The van der Waals surface area contributed by atoms with Gasteiger partial charge in [-0.15, -0.1) is 0 Å². The lowest BCUT2D eigenvalue weighted by Gasteiger charge is -2.18. The van der Waals surface area contributed by atoms with Gasteiger partial charge in [0.05, 0.1) is 0 Å². The van der Waals surface area contributed by atoms with Crippen molar-refractivity contribution in [2.75, 3.05) is 26.8 Å². The Labute approximate surface area is 68.6 Å². The molecule has 0 spiro atoms. The SMILES string of the molecule is CNCC=CC1CCOCC1. The van der Waals surface area contributed by atoms with Crippen LogP contribution in [0.25, 0.3) is 0 Å². The third kappa shape index (κ3) is 3.54. The molecule has 0 bridgehead atoms. The molecule has 0 aromatic rings. The van der Waals surface area contributed by atoms with Crippen LogP contribution >= 0.6 is 0 Å². The van der Waals surface area contributed by atoms with Crippen LogP contribution in [0.15, 0.2) is 12.2 Å². The fourth-order valence-corrected chi connectivity index (χ4v) is 1.29. The summed E-state index contributed by atoms with van der Waals surface area (Å²) < 4.78 is 5.26. The second-order valence-corrected chi connectivity index (χ2v) is 2.94. The lowest BCUT2D eigenvalue weighted by Crippen LogP contribution is -2.14. The van der Waals surface area contributed by atoms with Crippen LogP contribution in [0.3, 0.4) is 0 Å². The topological polar surface area (TPSA) is 21.3 Å². The van der Waals surface area contributed by atoms with E-state index in [0.717, 1.165) is 25.7 Å². The number of ether oxygens (including phenoxy) is 1. The molecule has 0 amide bonds. The molecule has 0 atom stereocenters. The molecule has 1 heterocycles. The van der Waals surface area contributed by atoms with Crippen molar-refractivity contribution in [2.24, 2.45) is 5.92 Å². The second kappa shape index (κ2) is 5.33. The quantitative estimate of drug-likeness (QED) is 0.618. The standard InChI is InChI=1S/C9H17NO/c1-10-6-2-3-9-4-7-11-8-5-9/h2-3,9-10H,4-8H2,1H3. The van der Waals surface area contributed by atoms with Crippen LogP contribution < -0.4 is 5.32 Å². The number of rotatable bonds is 3. The number of nitrogens with one attached hydrogen (secondary N) is 1. The highest BCUT2D eigenvalue weighted by molar-refractivity contribution is 4.90. The van der Waals surface area contributed by atoms with E-state index in [4.69, 9.17) is 4.74 Å². The summed E-state index contributed by atoms with van der Waals surface area (Å²) in [7, 11) is 1.97. The molecule has 0 aromatic carbocycles. The summed E-state index contributed by atoms with van der Waals surface area (Å²) in [6.45, 7) is 2.86. The Balaban J connectivity index is 2.13. The first kappa shape index (κ1) is 8.75. The lowest BCUT2D eigenvalue weighted by molar-refractivity contribution is 0.0785. The molecule has 0 radical (unpaired) electrons. The summed E-state index contributed by atoms with van der Waals surface area (Å²) in [6.07, 6.45) is 6.90. The van der Waals surface area contributed by atoms with Crippen LogP contribution in [0.5, 0.6) is 0 Å². The highest BCUT2D eigenvalue weighted by Gasteiger charge is 2.09. The fourth-order valence-electron chi connectivity index (χ4n) is 1.29. The summed E-state index contributed by atoms with van der Waals surface area (Å²) in [5.74, 6) is 0.761. The Bertz CT molecular complexity index is 117. The van der Waals surface area contributed by atoms with Gasteiger partial charge in [0.15, 0.2) is 0 Å². The lowest BCUT2D eigenvalue weighted by atomic mass is 10.00. The predicted molar refractivity (Wildman–Crippen MR) is 46.6 cm³/mol. The van der Waals surface area contributed by atoms with Crippen molar-refractivity contribution in [2.45, 2.75) is 12.8 Å². The van der Waals surface area contributed by atoms with Gasteiger partial charge in [0.2, 0.25) is 0 Å². The molecule has 11 heavy (non-hydrogen) atoms. The van der Waals surface area contributed by atoms with E-state index in [1.807, 2.05) is 7.05 Å². The Morgan fingerprint density at radius 3 is 2.82 bits per heavy atom. The molecule has 64 valence electrons. The number of allylic oxidation sites excluding steroid dienone is 1. The first-order chi connectivity index (χ1) is 5.43. The summed E-state index contributed by atoms with van der Waals surface area (Å²) in [5, 5.41) is 3.09. The van der Waals surface area contributed by atoms with Crippen LogP contribution in [0, 0.1) is 5.92 Å². The fraction of sp³-hybridized carbons (Fsp3) is 0.778. The van der Waals surface area contributed by atoms with Gasteiger partial charge in [0, 0.05) is 19.8 Å². The molecule has 0 aliphatic carbocycles. The normalized spacial score (nSPS) is 21.2. The maximum Gasteiger partial charge on any atom is 0.0471 e. The molecule has 2 nitrogen and oxygen atoms in total. The van der Waals surface area contributed by atoms with Crippen molar-refractivity contribution in [3.8, 4) is 0 Å². The van der Waals surface area contributed by atoms with E-state index in [1.165, 1.54) is 12.8 Å². The first-order valence-corrected chi connectivity index (χ1v) is 4.32. The van der Waals surface area contributed by atoms with Crippen molar-refractivity contribution >= 4 is 0 Å². The maximum atomic E-state index is 5.26. The number of hydrogen-bond acceptors (Lipinski definition) is 2. The summed E-state index contributed by atoms with van der Waals surface area (Å²) in [6, 6.07) is 0. The number of hydrogen-bond donors (Lipinski definition) is 1. The third-order valence-corrected chi connectivity index (χ3v) is 2.00. The van der Waals surface area contributed by atoms with Crippen LogP contribution in [0.4, 0.5) is 0 Å². The Morgan fingerprint density at radius 2 is 2.18 bits per heavy atom. The van der Waals surface area contributed by atoms with Gasteiger partial charge in [0.1, 0.15) is 0 Å². The molecule has 1 aliphatic rings. The zero-order valence-electron chi connectivity index (χ0n) is 7.18. The molecular formula is C9H17NO. The van der Waals surface area contributed by atoms with Gasteiger partial charge in [-0.2, -0.15) is 0 Å². The van der Waals surface area contributed by atoms with E-state index in [-0.39, 0.29) is 0 Å². The predicted octanol–water partition coefficient (Wildman–Crippen LogP) is 1.19. The molecule has 0 aromatic heterocycles. The van der Waals surface area contributed by atoms with Gasteiger partial charge in [0.25, 0.3) is 0 Å². The highest BCUT2D eigenvalue weighted by Crippen LogP contribution is 2.15. The van der Waals surface area contributed by atoms with Gasteiger partial charge in [-0.1, -0.05) is 12.2 Å². The average Bonchev–Trinajstić information content (AvgIpc) is 2.07. The monoisotopic (exact) mass is 155 g/mol. The van der Waals surface area contributed by atoms with Crippen molar-refractivity contribution in [1.82, 2.24) is 5.32 Å². The maximum absolute atomic E-state index is 5.26. The minimum Gasteiger partial charge on any atom is -0.381 e. The Hall–Kier alpha value is -0.340. The van der Waals surface area contributed by atoms with E-state index in [0.29, 0.717) is 0 Å². The molecule has 1 rings (SSSR count). The highest BCUT2D eigenvalue weighted by atomic mass is 16.5. The summed E-state index contributed by atoms with van der Waals surface area (Å²) in [5.41, 5.74) is 0. The van der Waals surface area contributed by atoms with Crippen molar-refractivity contribution in [1.29, 1.82) is 0 Å². The Morgan fingerprint density at radius 1 is 1.45 bits per heavy atom. The van der Waals surface area contributed by atoms with Crippen LogP contribution in [0.2, 0.25) is 0 Å². The third-order valence-electron chi connectivity index (χ3n) is 2.00. The van der Waals surface area contributed by atoms with Crippen molar-refractivity contribution in [3.63, 3.8) is 0 Å². The van der Waals surface area contributed by atoms with E-state index in [9.17, 15) is 0 Å². The molecule has 1 fully saturated rings. The minimum absolute atomic E-state index is 0.761. The number of likely N-dealkylation sites (N-methyl/N-ethyl adjacent to an activating group) is 1. The van der Waals surface area contributed by atoms with E-state index < -0.39 is 0 Å². The average molecular weight is 155 g/mol. The Kier molecular flexibility index (Phi) is 4.24. The van der Waals surface area contributed by atoms with Crippen LogP contribution in [-0.2, 0) is 4.74 Å². The van der Waals surface area contributed by atoms with E-state index >= 15 is 0 Å². The first-order valence-electron chi connectivity index (χ1n) is 4.32. The van der Waals surface area contributed by atoms with Gasteiger partial charge >= 0.3 is 0 Å². The summed E-state index contributed by atoms with van der Waals surface area (Å²) >= 11 is 0. The van der Waals surface area contributed by atoms with Crippen LogP contribution in [-0.4, -0.2) is 26.8 Å².